The maximum absolute atomic E-state index is 12.9. The molecule has 1 rings (SSSR count). The van der Waals surface area contributed by atoms with Gasteiger partial charge in [-0.05, 0) is 12.5 Å². The maximum Gasteiger partial charge on any atom is 0.461 e. The van der Waals surface area contributed by atoms with Crippen molar-refractivity contribution in [2.24, 2.45) is 5.73 Å². The minimum Gasteiger partial charge on any atom is -0.428 e. The summed E-state index contributed by atoms with van der Waals surface area (Å²) in [5, 5.41) is 9.79. The smallest absolute Gasteiger partial charge is 0.428 e. The molecule has 1 aromatic carbocycles. The molecule has 0 aliphatic carbocycles. The van der Waals surface area contributed by atoms with Crippen molar-refractivity contribution in [3.63, 3.8) is 0 Å². The molecule has 0 fully saturated rings. The van der Waals surface area contributed by atoms with Crippen LogP contribution in [0, 0.1) is 0 Å². The van der Waals surface area contributed by atoms with E-state index >= 15 is 0 Å². The van der Waals surface area contributed by atoms with E-state index < -0.39 is 30.4 Å². The molecule has 3 nitrogen and oxygen atoms in total. The molecule has 0 bridgehead atoms. The standard InChI is InChI=1S/C13H17F4NO2.ClH/c1-2-5-9(19)11(18)8-6-3-4-7-10(8)20-13(16,17)12(14)15;/h3-4,6-7,9,11-12,19H,2,5,18H2,1H3;1H/t9-,11+;/m0./s1. The molecule has 3 N–H and O–H groups in total. The fourth-order valence-corrected chi connectivity index (χ4v) is 1.72. The summed E-state index contributed by atoms with van der Waals surface area (Å²) in [6.07, 6.45) is -8.52. The Hall–Kier alpha value is -1.05. The van der Waals surface area contributed by atoms with E-state index in [1.54, 1.807) is 0 Å². The molecule has 0 saturated heterocycles. The Morgan fingerprint density at radius 1 is 1.29 bits per heavy atom. The van der Waals surface area contributed by atoms with Crippen LogP contribution in [0.5, 0.6) is 5.75 Å². The highest BCUT2D eigenvalue weighted by atomic mass is 35.5. The average Bonchev–Trinajstić information content (AvgIpc) is 2.38. The van der Waals surface area contributed by atoms with Crippen molar-refractivity contribution < 1.29 is 27.4 Å². The molecule has 0 aliphatic rings. The lowest BCUT2D eigenvalue weighted by molar-refractivity contribution is -0.253. The van der Waals surface area contributed by atoms with Crippen molar-refractivity contribution in [1.29, 1.82) is 0 Å². The zero-order valence-corrected chi connectivity index (χ0v) is 12.1. The third-order valence-corrected chi connectivity index (χ3v) is 2.78. The van der Waals surface area contributed by atoms with Crippen LogP contribution in [0.3, 0.4) is 0 Å². The molecule has 0 aliphatic heterocycles. The maximum atomic E-state index is 12.9. The van der Waals surface area contributed by atoms with Gasteiger partial charge in [0.05, 0.1) is 12.1 Å². The fourth-order valence-electron chi connectivity index (χ4n) is 1.72. The van der Waals surface area contributed by atoms with Crippen LogP contribution in [0.15, 0.2) is 24.3 Å². The van der Waals surface area contributed by atoms with Gasteiger partial charge in [0.2, 0.25) is 0 Å². The Morgan fingerprint density at radius 3 is 2.38 bits per heavy atom. The van der Waals surface area contributed by atoms with Crippen LogP contribution < -0.4 is 10.5 Å². The summed E-state index contributed by atoms with van der Waals surface area (Å²) < 4.78 is 54.3. The van der Waals surface area contributed by atoms with Gasteiger partial charge in [-0.2, -0.15) is 17.6 Å². The number of ether oxygens (including phenoxy) is 1. The number of halogens is 5. The van der Waals surface area contributed by atoms with Gasteiger partial charge in [-0.25, -0.2) is 0 Å². The number of alkyl halides is 4. The highest BCUT2D eigenvalue weighted by Crippen LogP contribution is 2.33. The number of aliphatic hydroxyl groups excluding tert-OH is 1. The minimum atomic E-state index is -4.61. The van der Waals surface area contributed by atoms with Crippen LogP contribution >= 0.6 is 12.4 Å². The van der Waals surface area contributed by atoms with Gasteiger partial charge >= 0.3 is 12.5 Å². The molecule has 0 saturated carbocycles. The normalized spacial score (nSPS) is 14.5. The molecule has 1 aromatic rings. The van der Waals surface area contributed by atoms with E-state index in [9.17, 15) is 22.7 Å². The average molecular weight is 332 g/mol. The Morgan fingerprint density at radius 2 is 1.86 bits per heavy atom. The van der Waals surface area contributed by atoms with Crippen LogP contribution in [0.4, 0.5) is 17.6 Å². The van der Waals surface area contributed by atoms with Gasteiger partial charge in [-0.1, -0.05) is 31.5 Å². The van der Waals surface area contributed by atoms with E-state index in [4.69, 9.17) is 5.73 Å². The summed E-state index contributed by atoms with van der Waals surface area (Å²) >= 11 is 0. The number of benzene rings is 1. The first-order valence-electron chi connectivity index (χ1n) is 6.17. The number of rotatable bonds is 7. The monoisotopic (exact) mass is 331 g/mol. The summed E-state index contributed by atoms with van der Waals surface area (Å²) in [5.41, 5.74) is 5.82. The lowest BCUT2D eigenvalue weighted by Crippen LogP contribution is -2.35. The van der Waals surface area contributed by atoms with Gasteiger partial charge in [0, 0.05) is 5.56 Å². The van der Waals surface area contributed by atoms with Gasteiger partial charge in [-0.3, -0.25) is 0 Å². The first-order valence-corrected chi connectivity index (χ1v) is 6.17. The van der Waals surface area contributed by atoms with Crippen molar-refractivity contribution in [1.82, 2.24) is 0 Å². The van der Waals surface area contributed by atoms with Crippen molar-refractivity contribution in [3.05, 3.63) is 29.8 Å². The fraction of sp³-hybridized carbons (Fsp3) is 0.538. The Bertz CT molecular complexity index is 434. The highest BCUT2D eigenvalue weighted by molar-refractivity contribution is 5.85. The molecular formula is C13H18ClF4NO2. The van der Waals surface area contributed by atoms with Crippen molar-refractivity contribution in [3.8, 4) is 5.75 Å². The lowest BCUT2D eigenvalue weighted by atomic mass is 9.98. The molecule has 21 heavy (non-hydrogen) atoms. The van der Waals surface area contributed by atoms with Crippen LogP contribution in [0.2, 0.25) is 0 Å². The molecule has 0 radical (unpaired) electrons. The van der Waals surface area contributed by atoms with Gasteiger partial charge in [-0.15, -0.1) is 12.4 Å². The number of aliphatic hydroxyl groups is 1. The second-order valence-corrected chi connectivity index (χ2v) is 4.38. The summed E-state index contributed by atoms with van der Waals surface area (Å²) in [5.74, 6) is -0.458. The summed E-state index contributed by atoms with van der Waals surface area (Å²) in [7, 11) is 0. The van der Waals surface area contributed by atoms with Crippen LogP contribution in [0.25, 0.3) is 0 Å². The molecule has 0 unspecified atom stereocenters. The topological polar surface area (TPSA) is 55.5 Å². The van der Waals surface area contributed by atoms with Crippen LogP contribution in [-0.2, 0) is 0 Å². The number of nitrogens with two attached hydrogens (primary N) is 1. The zero-order chi connectivity index (χ0) is 15.3. The van der Waals surface area contributed by atoms with Crippen LogP contribution in [0.1, 0.15) is 31.4 Å². The largest absolute Gasteiger partial charge is 0.461 e. The van der Waals surface area contributed by atoms with E-state index in [1.165, 1.54) is 18.2 Å². The van der Waals surface area contributed by atoms with Gasteiger partial charge in [0.15, 0.2) is 0 Å². The van der Waals surface area contributed by atoms with Crippen molar-refractivity contribution in [2.45, 2.75) is 44.4 Å². The van der Waals surface area contributed by atoms with Gasteiger partial charge in [0.25, 0.3) is 0 Å². The lowest BCUT2D eigenvalue weighted by Gasteiger charge is -2.24. The SMILES string of the molecule is CCC[C@H](O)[C@H](N)c1ccccc1OC(F)(F)C(F)F.Cl. The Kier molecular flexibility index (Phi) is 7.99. The first-order chi connectivity index (χ1) is 9.29. The highest BCUT2D eigenvalue weighted by Gasteiger charge is 2.44. The van der Waals surface area contributed by atoms with Gasteiger partial charge in [0.1, 0.15) is 5.75 Å². The molecule has 0 heterocycles. The predicted octanol–water partition coefficient (Wildman–Crippen LogP) is 3.51. The molecule has 0 aromatic heterocycles. The molecular weight excluding hydrogens is 314 g/mol. The third-order valence-electron chi connectivity index (χ3n) is 2.78. The molecule has 122 valence electrons. The van der Waals surface area contributed by atoms with E-state index in [0.717, 1.165) is 6.07 Å². The number of hydrogen-bond acceptors (Lipinski definition) is 3. The van der Waals surface area contributed by atoms with Crippen molar-refractivity contribution in [2.75, 3.05) is 0 Å². The number of para-hydroxylation sites is 1. The third kappa shape index (κ3) is 5.33. The van der Waals surface area contributed by atoms with E-state index in [0.29, 0.717) is 12.8 Å². The molecule has 8 heteroatoms. The van der Waals surface area contributed by atoms with E-state index in [2.05, 4.69) is 4.74 Å². The molecule has 0 amide bonds. The van der Waals surface area contributed by atoms with Crippen LogP contribution in [-0.4, -0.2) is 23.7 Å². The van der Waals surface area contributed by atoms with Gasteiger partial charge < -0.3 is 15.6 Å². The summed E-state index contributed by atoms with van der Waals surface area (Å²) in [6, 6.07) is 4.35. The molecule has 0 spiro atoms. The summed E-state index contributed by atoms with van der Waals surface area (Å²) in [4.78, 5) is 0. The van der Waals surface area contributed by atoms with E-state index in [1.807, 2.05) is 6.92 Å². The zero-order valence-electron chi connectivity index (χ0n) is 11.3. The second kappa shape index (κ2) is 8.41. The minimum absolute atomic E-state index is 0. The quantitative estimate of drug-likeness (QED) is 0.752. The number of hydrogen-bond donors (Lipinski definition) is 2. The second-order valence-electron chi connectivity index (χ2n) is 4.38. The Balaban J connectivity index is 0.00000400. The predicted molar refractivity (Wildman–Crippen MR) is 73.1 cm³/mol. The van der Waals surface area contributed by atoms with E-state index in [-0.39, 0.29) is 18.0 Å². The molecule has 2 atom stereocenters. The Labute approximate surface area is 126 Å². The first kappa shape index (κ1) is 19.9. The summed E-state index contributed by atoms with van der Waals surface area (Å²) in [6.45, 7) is 1.82. The van der Waals surface area contributed by atoms with Crippen molar-refractivity contribution >= 4 is 12.4 Å².